The molecule has 3 heterocycles. The van der Waals surface area contributed by atoms with Crippen molar-refractivity contribution in [2.75, 3.05) is 6.54 Å². The number of halogens is 1. The summed E-state index contributed by atoms with van der Waals surface area (Å²) < 4.78 is 15.1. The third kappa shape index (κ3) is 2.79. The van der Waals surface area contributed by atoms with Gasteiger partial charge in [0.1, 0.15) is 5.82 Å². The molecule has 2 aliphatic rings. The van der Waals surface area contributed by atoms with Crippen LogP contribution in [0.3, 0.4) is 0 Å². The zero-order valence-corrected chi connectivity index (χ0v) is 15.7. The van der Waals surface area contributed by atoms with Crippen LogP contribution in [0.1, 0.15) is 51.9 Å². The molecule has 1 amide bonds. The molecule has 3 aromatic rings. The number of carbonyl (C=O) groups is 1. The first-order valence-electron chi connectivity index (χ1n) is 9.43. The van der Waals surface area contributed by atoms with E-state index >= 15 is 0 Å². The van der Waals surface area contributed by atoms with E-state index in [1.807, 2.05) is 15.6 Å². The molecule has 1 saturated heterocycles. The van der Waals surface area contributed by atoms with Crippen LogP contribution >= 0.6 is 11.3 Å². The van der Waals surface area contributed by atoms with Gasteiger partial charge in [-0.05, 0) is 67.8 Å². The molecule has 27 heavy (non-hydrogen) atoms. The third-order valence-electron chi connectivity index (χ3n) is 5.59. The van der Waals surface area contributed by atoms with Crippen LogP contribution < -0.4 is 0 Å². The lowest BCUT2D eigenvalue weighted by Gasteiger charge is -2.23. The van der Waals surface area contributed by atoms with Crippen molar-refractivity contribution in [1.82, 2.24) is 14.7 Å². The fourth-order valence-corrected chi connectivity index (χ4v) is 5.20. The van der Waals surface area contributed by atoms with E-state index in [0.29, 0.717) is 5.69 Å². The zero-order valence-electron chi connectivity index (χ0n) is 14.9. The van der Waals surface area contributed by atoms with E-state index < -0.39 is 0 Å². The molecule has 5 rings (SSSR count). The van der Waals surface area contributed by atoms with Gasteiger partial charge in [-0.1, -0.05) is 6.07 Å². The lowest BCUT2D eigenvalue weighted by Crippen LogP contribution is -2.31. The van der Waals surface area contributed by atoms with Gasteiger partial charge in [-0.3, -0.25) is 4.79 Å². The van der Waals surface area contributed by atoms with Crippen LogP contribution in [0.15, 0.2) is 41.8 Å². The van der Waals surface area contributed by atoms with Crippen molar-refractivity contribution in [2.45, 2.75) is 38.1 Å². The standard InChI is InChI=1S/C21H20FN3OS/c22-14-8-10-15(11-9-14)25-17-5-1-4-16(17)20(23-25)21(26)24-12-2-6-18(24)19-7-3-13-27-19/h3,7-11,13,18H,1-2,4-6,12H2/t18-/m1/s1. The molecule has 1 aliphatic carbocycles. The van der Waals surface area contributed by atoms with Crippen molar-refractivity contribution in [3.05, 3.63) is 69.4 Å². The second kappa shape index (κ2) is 6.60. The Morgan fingerprint density at radius 2 is 2.00 bits per heavy atom. The molecule has 0 unspecified atom stereocenters. The van der Waals surface area contributed by atoms with Crippen LogP contribution in [-0.2, 0) is 12.8 Å². The summed E-state index contributed by atoms with van der Waals surface area (Å²) in [7, 11) is 0. The van der Waals surface area contributed by atoms with E-state index in [0.717, 1.165) is 55.6 Å². The molecule has 1 aliphatic heterocycles. The monoisotopic (exact) mass is 381 g/mol. The molecular formula is C21H20FN3OS. The highest BCUT2D eigenvalue weighted by atomic mass is 32.1. The van der Waals surface area contributed by atoms with Gasteiger partial charge in [-0.15, -0.1) is 11.3 Å². The van der Waals surface area contributed by atoms with Gasteiger partial charge in [0.25, 0.3) is 5.91 Å². The molecule has 138 valence electrons. The fourth-order valence-electron chi connectivity index (χ4n) is 4.33. The number of benzene rings is 1. The number of carbonyl (C=O) groups excluding carboxylic acids is 1. The number of amides is 1. The van der Waals surface area contributed by atoms with E-state index in [4.69, 9.17) is 5.10 Å². The predicted octanol–water partition coefficient (Wildman–Crippen LogP) is 4.54. The first-order chi connectivity index (χ1) is 13.2. The summed E-state index contributed by atoms with van der Waals surface area (Å²) in [6.07, 6.45) is 4.85. The molecule has 0 N–H and O–H groups in total. The molecule has 6 heteroatoms. The number of likely N-dealkylation sites (tertiary alicyclic amines) is 1. The van der Waals surface area contributed by atoms with Crippen molar-refractivity contribution in [3.63, 3.8) is 0 Å². The Morgan fingerprint density at radius 3 is 2.78 bits per heavy atom. The molecule has 4 nitrogen and oxygen atoms in total. The maximum absolute atomic E-state index is 13.4. The number of hydrogen-bond donors (Lipinski definition) is 0. The summed E-state index contributed by atoms with van der Waals surface area (Å²) in [6.45, 7) is 0.777. The van der Waals surface area contributed by atoms with E-state index in [1.165, 1.54) is 17.0 Å². The molecule has 0 bridgehead atoms. The first-order valence-corrected chi connectivity index (χ1v) is 10.3. The minimum absolute atomic E-state index is 0.0323. The Kier molecular flexibility index (Phi) is 4.08. The number of rotatable bonds is 3. The summed E-state index contributed by atoms with van der Waals surface area (Å²) in [5.41, 5.74) is 3.55. The van der Waals surface area contributed by atoms with Crippen molar-refractivity contribution in [2.24, 2.45) is 0 Å². The fraction of sp³-hybridized carbons (Fsp3) is 0.333. The summed E-state index contributed by atoms with van der Waals surface area (Å²) in [4.78, 5) is 16.6. The molecular weight excluding hydrogens is 361 g/mol. The SMILES string of the molecule is O=C(c1nn(-c2ccc(F)cc2)c2c1CCC2)N1CCC[C@@H]1c1cccs1. The highest BCUT2D eigenvalue weighted by Crippen LogP contribution is 2.37. The molecule has 1 atom stereocenters. The van der Waals surface area contributed by atoms with Crippen molar-refractivity contribution >= 4 is 17.2 Å². The first kappa shape index (κ1) is 16.7. The van der Waals surface area contributed by atoms with Gasteiger partial charge >= 0.3 is 0 Å². The second-order valence-electron chi connectivity index (χ2n) is 7.19. The normalized spacial score (nSPS) is 18.9. The molecule has 0 spiro atoms. The largest absolute Gasteiger partial charge is 0.329 e. The van der Waals surface area contributed by atoms with Crippen LogP contribution in [0.2, 0.25) is 0 Å². The van der Waals surface area contributed by atoms with Gasteiger partial charge in [0.2, 0.25) is 0 Å². The summed E-state index contributed by atoms with van der Waals surface area (Å²) in [5.74, 6) is -0.236. The van der Waals surface area contributed by atoms with Gasteiger partial charge in [-0.2, -0.15) is 5.10 Å². The number of aromatic nitrogens is 2. The van der Waals surface area contributed by atoms with Crippen molar-refractivity contribution in [1.29, 1.82) is 0 Å². The molecule has 1 aromatic carbocycles. The third-order valence-corrected chi connectivity index (χ3v) is 6.56. The maximum Gasteiger partial charge on any atom is 0.275 e. The lowest BCUT2D eigenvalue weighted by molar-refractivity contribution is 0.0730. The Hall–Kier alpha value is -2.47. The summed E-state index contributed by atoms with van der Waals surface area (Å²) in [6, 6.07) is 10.6. The minimum atomic E-state index is -0.269. The van der Waals surface area contributed by atoms with Crippen molar-refractivity contribution in [3.8, 4) is 5.69 Å². The van der Waals surface area contributed by atoms with E-state index in [9.17, 15) is 9.18 Å². The summed E-state index contributed by atoms with van der Waals surface area (Å²) >= 11 is 1.71. The average molecular weight is 381 g/mol. The molecule has 1 fully saturated rings. The van der Waals surface area contributed by atoms with Crippen LogP contribution in [0, 0.1) is 5.82 Å². The zero-order chi connectivity index (χ0) is 18.4. The van der Waals surface area contributed by atoms with E-state index in [2.05, 4.69) is 11.4 Å². The van der Waals surface area contributed by atoms with Gasteiger partial charge < -0.3 is 4.90 Å². The molecule has 0 saturated carbocycles. The van der Waals surface area contributed by atoms with Gasteiger partial charge in [-0.25, -0.2) is 9.07 Å². The lowest BCUT2D eigenvalue weighted by atomic mass is 10.1. The Labute approximate surface area is 161 Å². The maximum atomic E-state index is 13.4. The average Bonchev–Trinajstić information content (AvgIpc) is 3.45. The van der Waals surface area contributed by atoms with Gasteiger partial charge in [0.05, 0.1) is 11.7 Å². The second-order valence-corrected chi connectivity index (χ2v) is 8.17. The topological polar surface area (TPSA) is 38.1 Å². The van der Waals surface area contributed by atoms with Crippen LogP contribution in [0.25, 0.3) is 5.69 Å². The number of nitrogens with zero attached hydrogens (tertiary/aromatic N) is 3. The van der Waals surface area contributed by atoms with Crippen LogP contribution in [0.5, 0.6) is 0 Å². The Morgan fingerprint density at radius 1 is 1.15 bits per heavy atom. The van der Waals surface area contributed by atoms with Gasteiger partial charge in [0, 0.05) is 22.7 Å². The number of hydrogen-bond acceptors (Lipinski definition) is 3. The van der Waals surface area contributed by atoms with Crippen LogP contribution in [0.4, 0.5) is 4.39 Å². The predicted molar refractivity (Wildman–Crippen MR) is 103 cm³/mol. The minimum Gasteiger partial charge on any atom is -0.329 e. The summed E-state index contributed by atoms with van der Waals surface area (Å²) in [5, 5.41) is 6.77. The quantitative estimate of drug-likeness (QED) is 0.668. The van der Waals surface area contributed by atoms with Crippen LogP contribution in [-0.4, -0.2) is 27.1 Å². The Bertz CT molecular complexity index is 978. The molecule has 2 aromatic heterocycles. The number of fused-ring (bicyclic) bond motifs is 1. The Balaban J connectivity index is 1.53. The highest BCUT2D eigenvalue weighted by Gasteiger charge is 2.35. The van der Waals surface area contributed by atoms with Crippen molar-refractivity contribution < 1.29 is 9.18 Å². The van der Waals surface area contributed by atoms with E-state index in [-0.39, 0.29) is 17.8 Å². The smallest absolute Gasteiger partial charge is 0.275 e. The molecule has 0 radical (unpaired) electrons. The van der Waals surface area contributed by atoms with E-state index in [1.54, 1.807) is 23.5 Å². The number of thiophene rings is 1. The highest BCUT2D eigenvalue weighted by molar-refractivity contribution is 7.10. The van der Waals surface area contributed by atoms with Gasteiger partial charge in [0.15, 0.2) is 5.69 Å².